The molecule has 7 nitrogen and oxygen atoms in total. The summed E-state index contributed by atoms with van der Waals surface area (Å²) in [6, 6.07) is 10.4. The molecule has 1 aromatic heterocycles. The molecule has 0 aliphatic carbocycles. The van der Waals surface area contributed by atoms with E-state index in [9.17, 15) is 14.4 Å². The maximum Gasteiger partial charge on any atom is 0.282 e. The molecular weight excluding hydrogens is 402 g/mol. The highest BCUT2D eigenvalue weighted by Crippen LogP contribution is 2.37. The Labute approximate surface area is 178 Å². The van der Waals surface area contributed by atoms with Crippen LogP contribution in [-0.4, -0.2) is 47.9 Å². The predicted octanol–water partition coefficient (Wildman–Crippen LogP) is 3.10. The van der Waals surface area contributed by atoms with Gasteiger partial charge in [-0.25, -0.2) is 4.90 Å². The van der Waals surface area contributed by atoms with Gasteiger partial charge in [0.1, 0.15) is 5.70 Å². The molecule has 1 saturated heterocycles. The third-order valence-electron chi connectivity index (χ3n) is 5.01. The van der Waals surface area contributed by atoms with Crippen LogP contribution in [0.2, 0.25) is 0 Å². The van der Waals surface area contributed by atoms with Crippen molar-refractivity contribution in [1.82, 2.24) is 4.90 Å². The number of carbonyl (C=O) groups is 3. The zero-order chi connectivity index (χ0) is 21.4. The Bertz CT molecular complexity index is 1000. The van der Waals surface area contributed by atoms with Crippen LogP contribution in [-0.2, 0) is 19.1 Å². The van der Waals surface area contributed by atoms with Crippen LogP contribution < -0.4 is 10.2 Å². The largest absolute Gasteiger partial charge is 0.372 e. The number of ether oxygens (including phenoxy) is 1. The molecule has 3 amide bonds. The Hall–Kier alpha value is -2.97. The summed E-state index contributed by atoms with van der Waals surface area (Å²) in [5.74, 6) is -0.857. The van der Waals surface area contributed by atoms with Gasteiger partial charge in [-0.1, -0.05) is 6.07 Å². The van der Waals surface area contributed by atoms with E-state index < -0.39 is 0 Å². The maximum atomic E-state index is 13.5. The number of carbonyl (C=O) groups excluding carboxylic acids is 3. The van der Waals surface area contributed by atoms with Crippen LogP contribution in [0.4, 0.5) is 11.4 Å². The lowest BCUT2D eigenvalue weighted by Gasteiger charge is -2.37. The Morgan fingerprint density at radius 3 is 2.30 bits per heavy atom. The minimum atomic E-state index is -0.337. The van der Waals surface area contributed by atoms with Crippen molar-refractivity contribution in [3.8, 4) is 0 Å². The summed E-state index contributed by atoms with van der Waals surface area (Å²) >= 11 is 1.44. The quantitative estimate of drug-likeness (QED) is 0.762. The molecule has 0 spiro atoms. The lowest BCUT2D eigenvalue weighted by atomic mass is 10.1. The van der Waals surface area contributed by atoms with E-state index in [1.54, 1.807) is 24.3 Å². The fourth-order valence-corrected chi connectivity index (χ4v) is 4.71. The summed E-state index contributed by atoms with van der Waals surface area (Å²) in [5, 5.41) is 4.58. The second-order valence-corrected chi connectivity index (χ2v) is 8.48. The second-order valence-electron chi connectivity index (χ2n) is 7.54. The fraction of sp³-hybridized carbons (Fsp3) is 0.318. The molecule has 1 aromatic carbocycles. The first kappa shape index (κ1) is 20.3. The fourth-order valence-electron chi connectivity index (χ4n) is 3.95. The summed E-state index contributed by atoms with van der Waals surface area (Å²) < 4.78 is 5.81. The topological polar surface area (TPSA) is 79.0 Å². The van der Waals surface area contributed by atoms with Gasteiger partial charge < -0.3 is 15.0 Å². The third-order valence-corrected chi connectivity index (χ3v) is 5.90. The number of hydrogen-bond donors (Lipinski definition) is 1. The average Bonchev–Trinajstić information content (AvgIpc) is 3.27. The normalized spacial score (nSPS) is 22.1. The van der Waals surface area contributed by atoms with Crippen molar-refractivity contribution in [1.29, 1.82) is 0 Å². The standard InChI is InChI=1S/C22H23N3O4S/c1-13-11-24(12-14(2)29-13)20-19(18-5-4-10-30-18)21(27)25(22(20)28)17-8-6-16(7-9-17)23-15(3)26/h4-10,13-14H,11-12H2,1-3H3,(H,23,26). The lowest BCUT2D eigenvalue weighted by Crippen LogP contribution is -2.47. The molecule has 1 N–H and O–H groups in total. The van der Waals surface area contributed by atoms with Gasteiger partial charge in [-0.15, -0.1) is 11.3 Å². The summed E-state index contributed by atoms with van der Waals surface area (Å²) in [5.41, 5.74) is 1.93. The first-order chi connectivity index (χ1) is 14.3. The summed E-state index contributed by atoms with van der Waals surface area (Å²) in [6.07, 6.45) is -0.0838. The van der Waals surface area contributed by atoms with Crippen LogP contribution in [0, 0.1) is 0 Å². The minimum Gasteiger partial charge on any atom is -0.372 e. The van der Waals surface area contributed by atoms with Gasteiger partial charge >= 0.3 is 0 Å². The van der Waals surface area contributed by atoms with Gasteiger partial charge in [0.05, 0.1) is 23.5 Å². The monoisotopic (exact) mass is 425 g/mol. The summed E-state index contributed by atoms with van der Waals surface area (Å²) in [6.45, 7) is 6.45. The van der Waals surface area contributed by atoms with E-state index in [0.29, 0.717) is 35.7 Å². The Balaban J connectivity index is 1.72. The zero-order valence-corrected chi connectivity index (χ0v) is 17.9. The molecule has 4 rings (SSSR count). The highest BCUT2D eigenvalue weighted by atomic mass is 32.1. The van der Waals surface area contributed by atoms with Gasteiger partial charge in [0.2, 0.25) is 5.91 Å². The Morgan fingerprint density at radius 2 is 1.73 bits per heavy atom. The van der Waals surface area contributed by atoms with Crippen molar-refractivity contribution in [2.24, 2.45) is 0 Å². The van der Waals surface area contributed by atoms with E-state index in [2.05, 4.69) is 5.32 Å². The van der Waals surface area contributed by atoms with Gasteiger partial charge in [0.25, 0.3) is 11.8 Å². The summed E-state index contributed by atoms with van der Waals surface area (Å²) in [7, 11) is 0. The number of hydrogen-bond acceptors (Lipinski definition) is 6. The molecule has 2 atom stereocenters. The highest BCUT2D eigenvalue weighted by molar-refractivity contribution is 7.11. The number of imide groups is 1. The number of nitrogens with zero attached hydrogens (tertiary/aromatic N) is 2. The van der Waals surface area contributed by atoms with Crippen LogP contribution in [0.3, 0.4) is 0 Å². The van der Waals surface area contributed by atoms with Crippen molar-refractivity contribution in [3.05, 3.63) is 52.4 Å². The van der Waals surface area contributed by atoms with Gasteiger partial charge in [-0.3, -0.25) is 14.4 Å². The number of amides is 3. The molecular formula is C22H23N3O4S. The molecule has 0 saturated carbocycles. The molecule has 3 heterocycles. The maximum absolute atomic E-state index is 13.5. The zero-order valence-electron chi connectivity index (χ0n) is 17.0. The Morgan fingerprint density at radius 1 is 1.07 bits per heavy atom. The van der Waals surface area contributed by atoms with E-state index in [1.165, 1.54) is 23.2 Å². The van der Waals surface area contributed by atoms with Crippen molar-refractivity contribution >= 4 is 46.0 Å². The number of thiophene rings is 1. The number of anilines is 2. The van der Waals surface area contributed by atoms with Crippen LogP contribution in [0.25, 0.3) is 5.57 Å². The average molecular weight is 426 g/mol. The molecule has 8 heteroatoms. The number of nitrogens with one attached hydrogen (secondary N) is 1. The van der Waals surface area contributed by atoms with E-state index in [1.807, 2.05) is 36.3 Å². The molecule has 2 unspecified atom stereocenters. The first-order valence-corrected chi connectivity index (χ1v) is 10.7. The van der Waals surface area contributed by atoms with Crippen LogP contribution >= 0.6 is 11.3 Å². The van der Waals surface area contributed by atoms with Crippen LogP contribution in [0.15, 0.2) is 47.5 Å². The molecule has 1 fully saturated rings. The number of benzene rings is 1. The lowest BCUT2D eigenvalue weighted by molar-refractivity contribution is -0.121. The SMILES string of the molecule is CC(=O)Nc1ccc(N2C(=O)C(c3cccs3)=C(N3CC(C)OC(C)C3)C2=O)cc1. The molecule has 30 heavy (non-hydrogen) atoms. The van der Waals surface area contributed by atoms with E-state index in [0.717, 1.165) is 4.88 Å². The summed E-state index contributed by atoms with van der Waals surface area (Å²) in [4.78, 5) is 42.1. The van der Waals surface area contributed by atoms with E-state index in [4.69, 9.17) is 4.74 Å². The van der Waals surface area contributed by atoms with Crippen molar-refractivity contribution in [2.45, 2.75) is 33.0 Å². The first-order valence-electron chi connectivity index (χ1n) is 9.80. The smallest absolute Gasteiger partial charge is 0.282 e. The van der Waals surface area contributed by atoms with Gasteiger partial charge in [0, 0.05) is 30.6 Å². The number of morpholine rings is 1. The van der Waals surface area contributed by atoms with Gasteiger partial charge in [-0.05, 0) is 49.6 Å². The van der Waals surface area contributed by atoms with Crippen LogP contribution in [0.1, 0.15) is 25.6 Å². The second kappa shape index (κ2) is 8.04. The molecule has 156 valence electrons. The van der Waals surface area contributed by atoms with Crippen molar-refractivity contribution in [2.75, 3.05) is 23.3 Å². The van der Waals surface area contributed by atoms with E-state index in [-0.39, 0.29) is 29.9 Å². The molecule has 2 aliphatic heterocycles. The van der Waals surface area contributed by atoms with Crippen molar-refractivity contribution < 1.29 is 19.1 Å². The van der Waals surface area contributed by atoms with Gasteiger partial charge in [0.15, 0.2) is 0 Å². The number of rotatable bonds is 4. The predicted molar refractivity (Wildman–Crippen MR) is 116 cm³/mol. The molecule has 2 aromatic rings. The Kier molecular flexibility index (Phi) is 5.44. The third kappa shape index (κ3) is 3.76. The minimum absolute atomic E-state index is 0.0419. The van der Waals surface area contributed by atoms with Gasteiger partial charge in [-0.2, -0.15) is 0 Å². The van der Waals surface area contributed by atoms with E-state index >= 15 is 0 Å². The highest BCUT2D eigenvalue weighted by Gasteiger charge is 2.44. The van der Waals surface area contributed by atoms with Crippen LogP contribution in [0.5, 0.6) is 0 Å². The molecule has 0 bridgehead atoms. The molecule has 0 radical (unpaired) electrons. The molecule has 2 aliphatic rings. The van der Waals surface area contributed by atoms with Crippen molar-refractivity contribution in [3.63, 3.8) is 0 Å².